The summed E-state index contributed by atoms with van der Waals surface area (Å²) in [4.78, 5) is 18.6. The lowest BCUT2D eigenvalue weighted by atomic mass is 9.98. The summed E-state index contributed by atoms with van der Waals surface area (Å²) in [6.07, 6.45) is 0. The zero-order chi connectivity index (χ0) is 18.0. The lowest BCUT2D eigenvalue weighted by Crippen LogP contribution is -2.57. The van der Waals surface area contributed by atoms with Gasteiger partial charge in [0.25, 0.3) is 0 Å². The van der Waals surface area contributed by atoms with Crippen molar-refractivity contribution in [1.82, 2.24) is 20.0 Å². The van der Waals surface area contributed by atoms with Crippen LogP contribution in [-0.4, -0.2) is 45.9 Å². The molecule has 1 aromatic heterocycles. The van der Waals surface area contributed by atoms with E-state index in [2.05, 4.69) is 48.0 Å². The van der Waals surface area contributed by atoms with Crippen LogP contribution in [0.25, 0.3) is 0 Å². The van der Waals surface area contributed by atoms with Crippen molar-refractivity contribution < 1.29 is 4.79 Å². The summed E-state index contributed by atoms with van der Waals surface area (Å²) >= 11 is 1.50. The molecule has 0 N–H and O–H groups in total. The minimum absolute atomic E-state index is 0.00317. The van der Waals surface area contributed by atoms with Gasteiger partial charge in [-0.15, -0.1) is 10.2 Å². The summed E-state index contributed by atoms with van der Waals surface area (Å²) in [5.74, 6) is 0. The van der Waals surface area contributed by atoms with Crippen LogP contribution in [0.2, 0.25) is 0 Å². The molecule has 2 heterocycles. The highest BCUT2D eigenvalue weighted by molar-refractivity contribution is 7.15. The SMILES string of the molecule is CCN1CN(Cc2ccccc2)CN(c2nnc(C(C)(C)C)s2)C1=O. The van der Waals surface area contributed by atoms with Gasteiger partial charge in [-0.1, -0.05) is 62.4 Å². The molecular weight excluding hydrogens is 334 g/mol. The van der Waals surface area contributed by atoms with Gasteiger partial charge in [0.1, 0.15) is 5.01 Å². The number of carbonyl (C=O) groups excluding carboxylic acids is 1. The Labute approximate surface area is 153 Å². The van der Waals surface area contributed by atoms with Gasteiger partial charge in [0.2, 0.25) is 5.13 Å². The number of carbonyl (C=O) groups is 1. The Morgan fingerprint density at radius 3 is 2.44 bits per heavy atom. The summed E-state index contributed by atoms with van der Waals surface area (Å²) in [6.45, 7) is 11.0. The Balaban J connectivity index is 1.81. The normalized spacial score (nSPS) is 16.6. The summed E-state index contributed by atoms with van der Waals surface area (Å²) in [5, 5.41) is 10.2. The number of anilines is 1. The van der Waals surface area contributed by atoms with Crippen molar-refractivity contribution in [2.45, 2.75) is 39.7 Å². The van der Waals surface area contributed by atoms with Gasteiger partial charge in [-0.3, -0.25) is 9.80 Å². The maximum atomic E-state index is 12.8. The Bertz CT molecular complexity index is 725. The molecular formula is C18H25N5OS. The predicted molar refractivity (Wildman–Crippen MR) is 101 cm³/mol. The molecule has 3 rings (SSSR count). The zero-order valence-electron chi connectivity index (χ0n) is 15.3. The van der Waals surface area contributed by atoms with Gasteiger partial charge >= 0.3 is 6.03 Å². The van der Waals surface area contributed by atoms with E-state index in [0.29, 0.717) is 25.0 Å². The minimum Gasteiger partial charge on any atom is -0.311 e. The van der Waals surface area contributed by atoms with E-state index in [4.69, 9.17) is 0 Å². The Kier molecular flexibility index (Phi) is 5.06. The molecule has 1 aromatic carbocycles. The van der Waals surface area contributed by atoms with E-state index in [1.165, 1.54) is 16.9 Å². The zero-order valence-corrected chi connectivity index (χ0v) is 16.1. The lowest BCUT2D eigenvalue weighted by Gasteiger charge is -2.40. The van der Waals surface area contributed by atoms with Gasteiger partial charge < -0.3 is 4.90 Å². The Hall–Kier alpha value is -1.99. The number of urea groups is 1. The third-order valence-corrected chi connectivity index (χ3v) is 5.50. The third-order valence-electron chi connectivity index (χ3n) is 4.13. The third kappa shape index (κ3) is 3.99. The second-order valence-corrected chi connectivity index (χ2v) is 8.26. The smallest absolute Gasteiger partial charge is 0.311 e. The number of hydrogen-bond acceptors (Lipinski definition) is 5. The first-order valence-corrected chi connectivity index (χ1v) is 9.37. The standard InChI is InChI=1S/C18H25N5OS/c1-5-22-12-21(11-14-9-7-6-8-10-14)13-23(17(22)24)16-20-19-15(25-16)18(2,3)4/h6-10H,5,11-13H2,1-4H3. The molecule has 0 radical (unpaired) electrons. The summed E-state index contributed by atoms with van der Waals surface area (Å²) in [5.41, 5.74) is 1.17. The van der Waals surface area contributed by atoms with Gasteiger partial charge in [-0.25, -0.2) is 4.79 Å². The molecule has 2 aromatic rings. The maximum absolute atomic E-state index is 12.8. The van der Waals surface area contributed by atoms with Crippen LogP contribution in [0, 0.1) is 0 Å². The quantitative estimate of drug-likeness (QED) is 0.838. The van der Waals surface area contributed by atoms with Gasteiger partial charge in [-0.2, -0.15) is 0 Å². The molecule has 0 saturated carbocycles. The molecule has 0 atom stereocenters. The lowest BCUT2D eigenvalue weighted by molar-refractivity contribution is 0.113. The Morgan fingerprint density at radius 1 is 1.12 bits per heavy atom. The van der Waals surface area contributed by atoms with Gasteiger partial charge in [0, 0.05) is 18.5 Å². The maximum Gasteiger partial charge on any atom is 0.328 e. The van der Waals surface area contributed by atoms with Crippen molar-refractivity contribution in [3.8, 4) is 0 Å². The van der Waals surface area contributed by atoms with Crippen molar-refractivity contribution >= 4 is 22.5 Å². The van der Waals surface area contributed by atoms with Crippen LogP contribution in [-0.2, 0) is 12.0 Å². The van der Waals surface area contributed by atoms with E-state index in [1.807, 2.05) is 30.0 Å². The summed E-state index contributed by atoms with van der Waals surface area (Å²) < 4.78 is 0. The molecule has 1 fully saturated rings. The molecule has 7 heteroatoms. The summed E-state index contributed by atoms with van der Waals surface area (Å²) in [6, 6.07) is 10.3. The molecule has 2 amide bonds. The fourth-order valence-electron chi connectivity index (χ4n) is 2.72. The van der Waals surface area contributed by atoms with E-state index in [0.717, 1.165) is 11.6 Å². The molecule has 1 aliphatic rings. The number of hydrogen-bond donors (Lipinski definition) is 0. The van der Waals surface area contributed by atoms with Crippen LogP contribution in [0.4, 0.5) is 9.93 Å². The van der Waals surface area contributed by atoms with Crippen LogP contribution < -0.4 is 4.90 Å². The second-order valence-electron chi connectivity index (χ2n) is 7.30. The molecule has 1 aliphatic heterocycles. The van der Waals surface area contributed by atoms with Crippen LogP contribution in [0.5, 0.6) is 0 Å². The minimum atomic E-state index is -0.0665. The fraction of sp³-hybridized carbons (Fsp3) is 0.500. The van der Waals surface area contributed by atoms with Crippen LogP contribution >= 0.6 is 11.3 Å². The monoisotopic (exact) mass is 359 g/mol. The van der Waals surface area contributed by atoms with E-state index >= 15 is 0 Å². The van der Waals surface area contributed by atoms with E-state index in [1.54, 1.807) is 4.90 Å². The Morgan fingerprint density at radius 2 is 1.84 bits per heavy atom. The molecule has 1 saturated heterocycles. The number of amides is 2. The van der Waals surface area contributed by atoms with Gasteiger partial charge in [0.05, 0.1) is 13.3 Å². The molecule has 0 bridgehead atoms. The van der Waals surface area contributed by atoms with Gasteiger partial charge in [-0.05, 0) is 12.5 Å². The van der Waals surface area contributed by atoms with Crippen molar-refractivity contribution in [3.63, 3.8) is 0 Å². The molecule has 0 aliphatic carbocycles. The van der Waals surface area contributed by atoms with E-state index in [9.17, 15) is 4.79 Å². The van der Waals surface area contributed by atoms with Crippen molar-refractivity contribution in [1.29, 1.82) is 0 Å². The largest absolute Gasteiger partial charge is 0.328 e. The van der Waals surface area contributed by atoms with Crippen LogP contribution in [0.3, 0.4) is 0 Å². The van der Waals surface area contributed by atoms with Crippen LogP contribution in [0.1, 0.15) is 38.3 Å². The number of nitrogens with zero attached hydrogens (tertiary/aromatic N) is 5. The number of rotatable bonds is 4. The number of benzene rings is 1. The molecule has 134 valence electrons. The van der Waals surface area contributed by atoms with Crippen LogP contribution in [0.15, 0.2) is 30.3 Å². The topological polar surface area (TPSA) is 52.6 Å². The van der Waals surface area contributed by atoms with E-state index < -0.39 is 0 Å². The molecule has 25 heavy (non-hydrogen) atoms. The average Bonchev–Trinajstić information content (AvgIpc) is 3.07. The highest BCUT2D eigenvalue weighted by atomic mass is 32.1. The highest BCUT2D eigenvalue weighted by Gasteiger charge is 2.33. The number of aromatic nitrogens is 2. The summed E-state index contributed by atoms with van der Waals surface area (Å²) in [7, 11) is 0. The van der Waals surface area contributed by atoms with Crippen molar-refractivity contribution in [2.75, 3.05) is 24.8 Å². The van der Waals surface area contributed by atoms with Crippen molar-refractivity contribution in [3.05, 3.63) is 40.9 Å². The first kappa shape index (κ1) is 17.8. The molecule has 6 nitrogen and oxygen atoms in total. The highest BCUT2D eigenvalue weighted by Crippen LogP contribution is 2.31. The van der Waals surface area contributed by atoms with Gasteiger partial charge in [0.15, 0.2) is 0 Å². The first-order chi connectivity index (χ1) is 11.9. The van der Waals surface area contributed by atoms with Crippen molar-refractivity contribution in [2.24, 2.45) is 0 Å². The molecule has 0 unspecified atom stereocenters. The average molecular weight is 359 g/mol. The fourth-order valence-corrected chi connectivity index (χ4v) is 3.61. The predicted octanol–water partition coefficient (Wildman–Crippen LogP) is 3.51. The van der Waals surface area contributed by atoms with E-state index in [-0.39, 0.29) is 11.4 Å². The molecule has 0 spiro atoms. The second kappa shape index (κ2) is 7.09. The first-order valence-electron chi connectivity index (χ1n) is 8.55.